The highest BCUT2D eigenvalue weighted by molar-refractivity contribution is 5.94. The van der Waals surface area contributed by atoms with Crippen LogP contribution in [0.3, 0.4) is 0 Å². The Balaban J connectivity index is 2.15. The van der Waals surface area contributed by atoms with Crippen molar-refractivity contribution in [2.45, 2.75) is 90.6 Å². The fourth-order valence-corrected chi connectivity index (χ4v) is 3.48. The lowest BCUT2D eigenvalue weighted by molar-refractivity contribution is -0.147. The quantitative estimate of drug-likeness (QED) is 0.243. The van der Waals surface area contributed by atoms with E-state index in [1.165, 1.54) is 0 Å². The molecule has 1 rings (SSSR count). The number of hydrogen-bond acceptors (Lipinski definition) is 4. The standard InChI is InChI=1S/C23H38O4/c1-19(2)27-23(26)15-11-7-6-10-14-21-20(16-17-22(21)25)13-9-5-3-4-8-12-18-24/h9,13,16-17,19-21,24H,3-8,10-12,14-15,18H2,1-2H3/b13-9+/t20-,21+/m0/s1. The molecular weight excluding hydrogens is 340 g/mol. The van der Waals surface area contributed by atoms with Gasteiger partial charge in [0.2, 0.25) is 0 Å². The molecule has 27 heavy (non-hydrogen) atoms. The van der Waals surface area contributed by atoms with Crippen LogP contribution in [-0.2, 0) is 14.3 Å². The summed E-state index contributed by atoms with van der Waals surface area (Å²) in [5, 5.41) is 8.77. The molecule has 0 unspecified atom stereocenters. The molecule has 1 N–H and O–H groups in total. The number of aliphatic hydroxyl groups excluding tert-OH is 1. The summed E-state index contributed by atoms with van der Waals surface area (Å²) >= 11 is 0. The normalized spacial score (nSPS) is 19.5. The third-order valence-corrected chi connectivity index (χ3v) is 4.96. The summed E-state index contributed by atoms with van der Waals surface area (Å²) in [5.74, 6) is 0.493. The van der Waals surface area contributed by atoms with Gasteiger partial charge in [-0.2, -0.15) is 0 Å². The number of esters is 1. The largest absolute Gasteiger partial charge is 0.463 e. The summed E-state index contributed by atoms with van der Waals surface area (Å²) in [6, 6.07) is 0. The summed E-state index contributed by atoms with van der Waals surface area (Å²) < 4.78 is 5.13. The monoisotopic (exact) mass is 378 g/mol. The molecule has 2 atom stereocenters. The topological polar surface area (TPSA) is 63.6 Å². The number of carbonyl (C=O) groups excluding carboxylic acids is 2. The zero-order chi connectivity index (χ0) is 19.9. The van der Waals surface area contributed by atoms with Crippen molar-refractivity contribution in [3.05, 3.63) is 24.3 Å². The fraction of sp³-hybridized carbons (Fsp3) is 0.739. The van der Waals surface area contributed by atoms with Gasteiger partial charge in [0.25, 0.3) is 0 Å². The van der Waals surface area contributed by atoms with Crippen molar-refractivity contribution < 1.29 is 19.4 Å². The molecule has 154 valence electrons. The maximum Gasteiger partial charge on any atom is 0.306 e. The lowest BCUT2D eigenvalue weighted by atomic mass is 9.88. The molecule has 0 fully saturated rings. The molecule has 4 heteroatoms. The van der Waals surface area contributed by atoms with E-state index in [1.54, 1.807) is 6.08 Å². The first kappa shape index (κ1) is 23.6. The maximum absolute atomic E-state index is 12.1. The van der Waals surface area contributed by atoms with Gasteiger partial charge in [-0.25, -0.2) is 0 Å². The van der Waals surface area contributed by atoms with Gasteiger partial charge in [-0.05, 0) is 52.0 Å². The second kappa shape index (κ2) is 14.6. The minimum absolute atomic E-state index is 0.0380. The predicted octanol–water partition coefficient (Wildman–Crippen LogP) is 5.15. The van der Waals surface area contributed by atoms with E-state index >= 15 is 0 Å². The smallest absolute Gasteiger partial charge is 0.306 e. The van der Waals surface area contributed by atoms with Gasteiger partial charge in [0.15, 0.2) is 5.78 Å². The van der Waals surface area contributed by atoms with E-state index in [1.807, 2.05) is 19.9 Å². The van der Waals surface area contributed by atoms with Crippen LogP contribution in [0.1, 0.15) is 84.5 Å². The summed E-state index contributed by atoms with van der Waals surface area (Å²) in [6.45, 7) is 4.02. The number of rotatable bonds is 15. The van der Waals surface area contributed by atoms with Crippen molar-refractivity contribution in [3.8, 4) is 0 Å². The van der Waals surface area contributed by atoms with Crippen LogP contribution in [0.5, 0.6) is 0 Å². The van der Waals surface area contributed by atoms with Gasteiger partial charge in [-0.15, -0.1) is 0 Å². The maximum atomic E-state index is 12.1. The molecule has 1 aliphatic carbocycles. The third kappa shape index (κ3) is 11.1. The van der Waals surface area contributed by atoms with E-state index in [0.717, 1.165) is 64.2 Å². The fourth-order valence-electron chi connectivity index (χ4n) is 3.48. The first-order valence-electron chi connectivity index (χ1n) is 10.7. The minimum atomic E-state index is -0.110. The number of aliphatic hydroxyl groups is 1. The molecule has 0 bridgehead atoms. The average Bonchev–Trinajstić information content (AvgIpc) is 2.96. The Hall–Kier alpha value is -1.42. The van der Waals surface area contributed by atoms with Gasteiger partial charge in [0, 0.05) is 24.9 Å². The molecule has 0 aromatic rings. The molecule has 0 aromatic heterocycles. The van der Waals surface area contributed by atoms with E-state index in [9.17, 15) is 9.59 Å². The van der Waals surface area contributed by atoms with E-state index in [-0.39, 0.29) is 36.3 Å². The highest BCUT2D eigenvalue weighted by Crippen LogP contribution is 2.29. The SMILES string of the molecule is CC(C)OC(=O)CCCCCC[C@H]1C(=O)C=C[C@@H]1/C=C/CCCCCCO. The van der Waals surface area contributed by atoms with Crippen molar-refractivity contribution in [1.29, 1.82) is 0 Å². The number of hydrogen-bond donors (Lipinski definition) is 1. The van der Waals surface area contributed by atoms with Crippen LogP contribution in [0.4, 0.5) is 0 Å². The summed E-state index contributed by atoms with van der Waals surface area (Å²) in [4.78, 5) is 23.6. The van der Waals surface area contributed by atoms with Crippen LogP contribution in [0, 0.1) is 11.8 Å². The van der Waals surface area contributed by atoms with Crippen molar-refractivity contribution in [2.75, 3.05) is 6.61 Å². The van der Waals surface area contributed by atoms with E-state index in [4.69, 9.17) is 9.84 Å². The Morgan fingerprint density at radius 3 is 2.56 bits per heavy atom. The Morgan fingerprint density at radius 2 is 1.81 bits per heavy atom. The van der Waals surface area contributed by atoms with Crippen LogP contribution in [0.25, 0.3) is 0 Å². The molecule has 0 aromatic carbocycles. The zero-order valence-corrected chi connectivity index (χ0v) is 17.2. The number of ether oxygens (including phenoxy) is 1. The minimum Gasteiger partial charge on any atom is -0.463 e. The molecule has 4 nitrogen and oxygen atoms in total. The van der Waals surface area contributed by atoms with Crippen molar-refractivity contribution >= 4 is 11.8 Å². The van der Waals surface area contributed by atoms with Gasteiger partial charge < -0.3 is 9.84 Å². The van der Waals surface area contributed by atoms with E-state index < -0.39 is 0 Å². The van der Waals surface area contributed by atoms with Crippen LogP contribution in [0.15, 0.2) is 24.3 Å². The molecule has 0 radical (unpaired) electrons. The lowest BCUT2D eigenvalue weighted by Crippen LogP contribution is -2.14. The summed E-state index contributed by atoms with van der Waals surface area (Å²) in [5.41, 5.74) is 0. The van der Waals surface area contributed by atoms with E-state index in [2.05, 4.69) is 12.2 Å². The Morgan fingerprint density at radius 1 is 1.11 bits per heavy atom. The first-order valence-corrected chi connectivity index (χ1v) is 10.7. The molecule has 0 saturated carbocycles. The third-order valence-electron chi connectivity index (χ3n) is 4.96. The van der Waals surface area contributed by atoms with Crippen LogP contribution in [-0.4, -0.2) is 29.6 Å². The second-order valence-corrected chi connectivity index (χ2v) is 7.79. The predicted molar refractivity (Wildman–Crippen MR) is 109 cm³/mol. The van der Waals surface area contributed by atoms with Gasteiger partial charge in [-0.1, -0.05) is 50.3 Å². The van der Waals surface area contributed by atoms with Crippen molar-refractivity contribution in [2.24, 2.45) is 11.8 Å². The van der Waals surface area contributed by atoms with Gasteiger partial charge in [0.1, 0.15) is 0 Å². The van der Waals surface area contributed by atoms with Gasteiger partial charge in [0.05, 0.1) is 6.10 Å². The summed E-state index contributed by atoms with van der Waals surface area (Å²) in [6.07, 6.45) is 18.8. The van der Waals surface area contributed by atoms with Crippen molar-refractivity contribution in [3.63, 3.8) is 0 Å². The number of unbranched alkanes of at least 4 members (excludes halogenated alkanes) is 7. The Kier molecular flexibility index (Phi) is 12.8. The first-order chi connectivity index (χ1) is 13.0. The van der Waals surface area contributed by atoms with Gasteiger partial charge >= 0.3 is 5.97 Å². The number of carbonyl (C=O) groups is 2. The Bertz CT molecular complexity index is 479. The molecule has 1 aliphatic rings. The molecule has 0 aliphatic heterocycles. The van der Waals surface area contributed by atoms with Crippen LogP contribution < -0.4 is 0 Å². The number of ketones is 1. The number of allylic oxidation sites excluding steroid dienone is 4. The van der Waals surface area contributed by atoms with Crippen molar-refractivity contribution in [1.82, 2.24) is 0 Å². The molecule has 0 heterocycles. The molecular formula is C23H38O4. The highest BCUT2D eigenvalue weighted by atomic mass is 16.5. The molecule has 0 spiro atoms. The highest BCUT2D eigenvalue weighted by Gasteiger charge is 2.27. The average molecular weight is 379 g/mol. The molecule has 0 saturated heterocycles. The Labute approximate surface area is 165 Å². The van der Waals surface area contributed by atoms with E-state index in [0.29, 0.717) is 6.42 Å². The molecule has 0 amide bonds. The summed E-state index contributed by atoms with van der Waals surface area (Å²) in [7, 11) is 0. The van der Waals surface area contributed by atoms with Crippen LogP contribution >= 0.6 is 0 Å². The zero-order valence-electron chi connectivity index (χ0n) is 17.2. The van der Waals surface area contributed by atoms with Gasteiger partial charge in [-0.3, -0.25) is 9.59 Å². The second-order valence-electron chi connectivity index (χ2n) is 7.79. The van der Waals surface area contributed by atoms with Crippen LogP contribution in [0.2, 0.25) is 0 Å². The lowest BCUT2D eigenvalue weighted by Gasteiger charge is -2.14.